The van der Waals surface area contributed by atoms with E-state index in [0.717, 1.165) is 29.6 Å². The molecule has 2 aromatic rings. The largest absolute Gasteiger partial charge is 0.493 e. The van der Waals surface area contributed by atoms with E-state index in [0.29, 0.717) is 19.7 Å². The lowest BCUT2D eigenvalue weighted by Crippen LogP contribution is -2.42. The van der Waals surface area contributed by atoms with Crippen molar-refractivity contribution in [2.24, 2.45) is 5.92 Å². The summed E-state index contributed by atoms with van der Waals surface area (Å²) < 4.78 is 32.5. The third kappa shape index (κ3) is 7.31. The smallest absolute Gasteiger partial charge is 0.233 e. The second-order valence-electron chi connectivity index (χ2n) is 7.37. The third-order valence-electron chi connectivity index (χ3n) is 4.98. The van der Waals surface area contributed by atoms with Gasteiger partial charge in [0.15, 0.2) is 0 Å². The Kier molecular flexibility index (Phi) is 8.04. The van der Waals surface area contributed by atoms with Gasteiger partial charge in [-0.2, -0.15) is 0 Å². The summed E-state index contributed by atoms with van der Waals surface area (Å²) in [6.45, 7) is 2.01. The molecule has 1 aliphatic rings. The number of carbonyl (C=O) groups is 1. The lowest BCUT2D eigenvalue weighted by Gasteiger charge is -2.32. The summed E-state index contributed by atoms with van der Waals surface area (Å²) in [7, 11) is -3.58. The number of piperidine rings is 1. The van der Waals surface area contributed by atoms with Crippen molar-refractivity contribution in [2.45, 2.75) is 19.3 Å². The molecule has 0 saturated carbocycles. The lowest BCUT2D eigenvalue weighted by molar-refractivity contribution is -0.133. The van der Waals surface area contributed by atoms with E-state index < -0.39 is 10.0 Å². The summed E-state index contributed by atoms with van der Waals surface area (Å²) in [4.78, 5) is 14.3. The molecule has 0 spiro atoms. The first-order chi connectivity index (χ1) is 14.5. The number of nitrogens with zero attached hydrogens (tertiary/aromatic N) is 1. The number of likely N-dealkylation sites (tertiary alicyclic amines) is 1. The molecule has 1 atom stereocenters. The molecule has 1 amide bonds. The van der Waals surface area contributed by atoms with Crippen molar-refractivity contribution in [3.8, 4) is 5.75 Å². The molecule has 1 saturated heterocycles. The molecule has 0 radical (unpaired) electrons. The molecule has 0 bridgehead atoms. The first-order valence-electron chi connectivity index (χ1n) is 10.2. The molecule has 0 aromatic heterocycles. The summed E-state index contributed by atoms with van der Waals surface area (Å²) in [6.07, 6.45) is 3.63. The molecular formula is C23H28N2O4S. The van der Waals surface area contributed by atoms with Gasteiger partial charge >= 0.3 is 0 Å². The fourth-order valence-corrected chi connectivity index (χ4v) is 4.22. The molecule has 2 aromatic carbocycles. The standard InChI is InChI=1S/C23H28N2O4S/c26-23(13-15-24-30(27,28)17-14-20-8-3-1-4-9-20)25-16-7-10-21(18-25)19-29-22-11-5-2-6-12-22/h1-6,8-9,11-12,14,17,21,24H,7,10,13,15-16,18-19H2/b17-14+. The maximum Gasteiger partial charge on any atom is 0.233 e. The predicted octanol–water partition coefficient (Wildman–Crippen LogP) is 3.28. The average Bonchev–Trinajstić information content (AvgIpc) is 2.78. The minimum Gasteiger partial charge on any atom is -0.493 e. The van der Waals surface area contributed by atoms with Crippen LogP contribution in [0.3, 0.4) is 0 Å². The number of amides is 1. The van der Waals surface area contributed by atoms with Crippen LogP contribution in [0.25, 0.3) is 6.08 Å². The Morgan fingerprint density at radius 1 is 1.10 bits per heavy atom. The van der Waals surface area contributed by atoms with E-state index in [2.05, 4.69) is 4.72 Å². The first kappa shape index (κ1) is 22.1. The van der Waals surface area contributed by atoms with Crippen LogP contribution in [0.5, 0.6) is 5.75 Å². The Morgan fingerprint density at radius 3 is 2.53 bits per heavy atom. The van der Waals surface area contributed by atoms with Crippen molar-refractivity contribution < 1.29 is 17.9 Å². The number of para-hydroxylation sites is 1. The molecule has 6 nitrogen and oxygen atoms in total. The van der Waals surface area contributed by atoms with Crippen molar-refractivity contribution >= 4 is 22.0 Å². The van der Waals surface area contributed by atoms with Gasteiger partial charge in [-0.25, -0.2) is 13.1 Å². The number of rotatable bonds is 9. The van der Waals surface area contributed by atoms with Gasteiger partial charge in [0.25, 0.3) is 0 Å². The maximum atomic E-state index is 12.5. The molecule has 0 aliphatic carbocycles. The lowest BCUT2D eigenvalue weighted by atomic mass is 9.98. The van der Waals surface area contributed by atoms with E-state index in [-0.39, 0.29) is 24.8 Å². The molecule has 30 heavy (non-hydrogen) atoms. The van der Waals surface area contributed by atoms with Crippen LogP contribution in [0.15, 0.2) is 66.1 Å². The Balaban J connectivity index is 1.41. The Morgan fingerprint density at radius 2 is 1.80 bits per heavy atom. The van der Waals surface area contributed by atoms with Gasteiger partial charge in [-0.3, -0.25) is 4.79 Å². The number of nitrogens with one attached hydrogen (secondary N) is 1. The summed E-state index contributed by atoms with van der Waals surface area (Å²) in [6, 6.07) is 18.9. The SMILES string of the molecule is O=C(CCNS(=O)(=O)/C=C/c1ccccc1)N1CCCC(COc2ccccc2)C1. The molecule has 3 rings (SSSR count). The molecule has 1 heterocycles. The van der Waals surface area contributed by atoms with Crippen molar-refractivity contribution in [3.05, 3.63) is 71.6 Å². The second-order valence-corrected chi connectivity index (χ2v) is 9.03. The minimum atomic E-state index is -3.58. The number of hydrogen-bond acceptors (Lipinski definition) is 4. The summed E-state index contributed by atoms with van der Waals surface area (Å²) >= 11 is 0. The Bertz CT molecular complexity index is 930. The van der Waals surface area contributed by atoms with E-state index in [1.165, 1.54) is 6.08 Å². The molecule has 7 heteroatoms. The van der Waals surface area contributed by atoms with Crippen molar-refractivity contribution in [1.29, 1.82) is 0 Å². The van der Waals surface area contributed by atoms with E-state index in [1.807, 2.05) is 65.6 Å². The summed E-state index contributed by atoms with van der Waals surface area (Å²) in [5, 5.41) is 1.13. The van der Waals surface area contributed by atoms with E-state index in [1.54, 1.807) is 0 Å². The molecule has 1 unspecified atom stereocenters. The fraction of sp³-hybridized carbons (Fsp3) is 0.348. The highest BCUT2D eigenvalue weighted by molar-refractivity contribution is 7.92. The van der Waals surface area contributed by atoms with Crippen LogP contribution in [0.4, 0.5) is 0 Å². The molecule has 1 N–H and O–H groups in total. The van der Waals surface area contributed by atoms with Gasteiger partial charge in [0.1, 0.15) is 5.75 Å². The van der Waals surface area contributed by atoms with Crippen LogP contribution < -0.4 is 9.46 Å². The second kappa shape index (κ2) is 10.9. The van der Waals surface area contributed by atoms with Crippen molar-refractivity contribution in [1.82, 2.24) is 9.62 Å². The zero-order chi connectivity index (χ0) is 21.2. The van der Waals surface area contributed by atoms with Gasteiger partial charge in [-0.1, -0.05) is 48.5 Å². The topological polar surface area (TPSA) is 75.7 Å². The highest BCUT2D eigenvalue weighted by Gasteiger charge is 2.24. The van der Waals surface area contributed by atoms with Gasteiger partial charge in [0, 0.05) is 37.4 Å². The number of ether oxygens (including phenoxy) is 1. The van der Waals surface area contributed by atoms with Crippen LogP contribution in [0.1, 0.15) is 24.8 Å². The zero-order valence-corrected chi connectivity index (χ0v) is 17.8. The van der Waals surface area contributed by atoms with E-state index in [4.69, 9.17) is 4.74 Å². The van der Waals surface area contributed by atoms with E-state index >= 15 is 0 Å². The fourth-order valence-electron chi connectivity index (χ4n) is 3.40. The molecule has 160 valence electrons. The summed E-state index contributed by atoms with van der Waals surface area (Å²) in [5.74, 6) is 1.08. The summed E-state index contributed by atoms with van der Waals surface area (Å²) in [5.41, 5.74) is 0.802. The van der Waals surface area contributed by atoms with Crippen LogP contribution in [0.2, 0.25) is 0 Å². The van der Waals surface area contributed by atoms with Crippen LogP contribution in [0, 0.1) is 5.92 Å². The van der Waals surface area contributed by atoms with Crippen LogP contribution >= 0.6 is 0 Å². The normalized spacial score (nSPS) is 17.2. The molecule has 1 aliphatic heterocycles. The van der Waals surface area contributed by atoms with E-state index in [9.17, 15) is 13.2 Å². The third-order valence-corrected chi connectivity index (χ3v) is 6.08. The van der Waals surface area contributed by atoms with Crippen molar-refractivity contribution in [2.75, 3.05) is 26.2 Å². The van der Waals surface area contributed by atoms with Crippen LogP contribution in [-0.4, -0.2) is 45.5 Å². The zero-order valence-electron chi connectivity index (χ0n) is 16.9. The highest BCUT2D eigenvalue weighted by atomic mass is 32.2. The number of hydrogen-bond donors (Lipinski definition) is 1. The van der Waals surface area contributed by atoms with Gasteiger partial charge in [0.05, 0.1) is 6.61 Å². The number of benzene rings is 2. The first-order valence-corrected chi connectivity index (χ1v) is 11.7. The minimum absolute atomic E-state index is 0.0332. The Labute approximate surface area is 178 Å². The maximum absolute atomic E-state index is 12.5. The predicted molar refractivity (Wildman–Crippen MR) is 118 cm³/mol. The van der Waals surface area contributed by atoms with Gasteiger partial charge in [0.2, 0.25) is 15.9 Å². The quantitative estimate of drug-likeness (QED) is 0.665. The van der Waals surface area contributed by atoms with Crippen molar-refractivity contribution in [3.63, 3.8) is 0 Å². The van der Waals surface area contributed by atoms with Gasteiger partial charge < -0.3 is 9.64 Å². The monoisotopic (exact) mass is 428 g/mol. The van der Waals surface area contributed by atoms with Gasteiger partial charge in [-0.15, -0.1) is 0 Å². The number of carbonyl (C=O) groups excluding carboxylic acids is 1. The van der Waals surface area contributed by atoms with Gasteiger partial charge in [-0.05, 0) is 36.6 Å². The molecular weight excluding hydrogens is 400 g/mol. The highest BCUT2D eigenvalue weighted by Crippen LogP contribution is 2.19. The number of sulfonamides is 1. The molecule has 1 fully saturated rings. The van der Waals surface area contributed by atoms with Crippen LogP contribution in [-0.2, 0) is 14.8 Å². The average molecular weight is 429 g/mol. The Hall–Kier alpha value is -2.64.